The molecule has 1 aromatic rings. The molecule has 0 aliphatic carbocycles. The number of benzene rings is 1. The van der Waals surface area contributed by atoms with Crippen LogP contribution in [0.15, 0.2) is 12.1 Å². The maximum absolute atomic E-state index is 11.3. The van der Waals surface area contributed by atoms with Crippen molar-refractivity contribution in [1.29, 1.82) is 0 Å². The van der Waals surface area contributed by atoms with E-state index in [0.717, 1.165) is 16.9 Å². The third kappa shape index (κ3) is 3.13. The second kappa shape index (κ2) is 6.26. The third-order valence-corrected chi connectivity index (χ3v) is 2.77. The zero-order valence-electron chi connectivity index (χ0n) is 11.2. The number of amides is 1. The summed E-state index contributed by atoms with van der Waals surface area (Å²) in [6.07, 6.45) is 0. The molecule has 0 saturated heterocycles. The van der Waals surface area contributed by atoms with E-state index in [-0.39, 0.29) is 5.91 Å². The number of carbonyl (C=O) groups is 1. The van der Waals surface area contributed by atoms with Crippen molar-refractivity contribution >= 4 is 5.91 Å². The van der Waals surface area contributed by atoms with Crippen LogP contribution in [0.4, 0.5) is 0 Å². The van der Waals surface area contributed by atoms with Gasteiger partial charge in [-0.25, -0.2) is 0 Å². The monoisotopic (exact) mass is 253 g/mol. The van der Waals surface area contributed by atoms with Gasteiger partial charge in [0.15, 0.2) is 0 Å². The molecule has 0 unspecified atom stereocenters. The molecule has 100 valence electrons. The van der Waals surface area contributed by atoms with Crippen LogP contribution in [0.2, 0.25) is 0 Å². The molecule has 0 spiro atoms. The predicted octanol–water partition coefficient (Wildman–Crippen LogP) is 0.963. The van der Waals surface area contributed by atoms with E-state index in [2.05, 4.69) is 0 Å². The number of aliphatic hydroxyl groups is 1. The highest BCUT2D eigenvalue weighted by Crippen LogP contribution is 2.28. The molecule has 1 aromatic carbocycles. The zero-order valence-corrected chi connectivity index (χ0v) is 11.2. The topological polar surface area (TPSA) is 59.0 Å². The van der Waals surface area contributed by atoms with Crippen LogP contribution in [0.3, 0.4) is 0 Å². The first-order valence-electron chi connectivity index (χ1n) is 5.59. The number of aryl methyl sites for hydroxylation is 1. The lowest BCUT2D eigenvalue weighted by Crippen LogP contribution is -2.28. The quantitative estimate of drug-likeness (QED) is 0.849. The summed E-state index contributed by atoms with van der Waals surface area (Å²) >= 11 is 0. The zero-order chi connectivity index (χ0) is 13.7. The lowest BCUT2D eigenvalue weighted by Gasteiger charge is -2.19. The fraction of sp³-hybridized carbons (Fsp3) is 0.462. The highest BCUT2D eigenvalue weighted by atomic mass is 16.5. The van der Waals surface area contributed by atoms with Crippen LogP contribution in [0.25, 0.3) is 0 Å². The summed E-state index contributed by atoms with van der Waals surface area (Å²) in [5.41, 5.74) is 1.80. The van der Waals surface area contributed by atoms with Gasteiger partial charge in [0.1, 0.15) is 18.1 Å². The van der Waals surface area contributed by atoms with E-state index >= 15 is 0 Å². The highest BCUT2D eigenvalue weighted by molar-refractivity contribution is 5.76. The molecular formula is C13H19NO4. The van der Waals surface area contributed by atoms with Gasteiger partial charge >= 0.3 is 0 Å². The Morgan fingerprint density at radius 3 is 2.39 bits per heavy atom. The van der Waals surface area contributed by atoms with Gasteiger partial charge in [-0.1, -0.05) is 0 Å². The van der Waals surface area contributed by atoms with E-state index in [1.54, 1.807) is 21.3 Å². The first-order valence-corrected chi connectivity index (χ1v) is 5.59. The van der Waals surface area contributed by atoms with Gasteiger partial charge < -0.3 is 19.5 Å². The van der Waals surface area contributed by atoms with Gasteiger partial charge in [0, 0.05) is 19.2 Å². The number of ether oxygens (including phenoxy) is 2. The molecule has 0 bridgehead atoms. The maximum Gasteiger partial charge on any atom is 0.248 e. The number of likely N-dealkylation sites (N-methyl/N-ethyl adjacent to an activating group) is 1. The average molecular weight is 253 g/mol. The molecule has 18 heavy (non-hydrogen) atoms. The Kier molecular flexibility index (Phi) is 4.97. The molecule has 1 amide bonds. The Balaban J connectivity index is 3.03. The van der Waals surface area contributed by atoms with Crippen molar-refractivity contribution in [3.05, 3.63) is 23.3 Å². The van der Waals surface area contributed by atoms with Crippen LogP contribution in [0, 0.1) is 6.92 Å². The van der Waals surface area contributed by atoms with Crippen LogP contribution in [0.5, 0.6) is 11.5 Å². The molecule has 5 nitrogen and oxygen atoms in total. The van der Waals surface area contributed by atoms with Crippen molar-refractivity contribution < 1.29 is 19.4 Å². The Labute approximate surface area is 107 Å². The van der Waals surface area contributed by atoms with Crippen LogP contribution in [0.1, 0.15) is 11.1 Å². The third-order valence-electron chi connectivity index (χ3n) is 2.77. The number of carbonyl (C=O) groups excluding carboxylic acids is 1. The SMILES string of the molecule is COc1cc(CN(C)C(=O)CO)c(OC)cc1C. The summed E-state index contributed by atoms with van der Waals surface area (Å²) in [6.45, 7) is 1.79. The standard InChI is InChI=1S/C13H19NO4/c1-9-5-12(18-4)10(6-11(9)17-3)7-14(2)13(16)8-15/h5-6,15H,7-8H2,1-4H3. The van der Waals surface area contributed by atoms with Crippen molar-refractivity contribution in [2.24, 2.45) is 0 Å². The van der Waals surface area contributed by atoms with Crippen molar-refractivity contribution in [3.63, 3.8) is 0 Å². The summed E-state index contributed by atoms with van der Waals surface area (Å²) in [7, 11) is 4.81. The molecule has 0 heterocycles. The van der Waals surface area contributed by atoms with Gasteiger partial charge in [0.05, 0.1) is 14.2 Å². The molecule has 0 aliphatic rings. The van der Waals surface area contributed by atoms with Gasteiger partial charge in [-0.3, -0.25) is 4.79 Å². The van der Waals surface area contributed by atoms with Crippen molar-refractivity contribution in [2.45, 2.75) is 13.5 Å². The van der Waals surface area contributed by atoms with E-state index in [1.165, 1.54) is 4.90 Å². The Bertz CT molecular complexity index is 431. The fourth-order valence-electron chi connectivity index (χ4n) is 1.70. The number of methoxy groups -OCH3 is 2. The van der Waals surface area contributed by atoms with Gasteiger partial charge in [0.25, 0.3) is 0 Å². The minimum atomic E-state index is -0.498. The van der Waals surface area contributed by atoms with Gasteiger partial charge in [-0.05, 0) is 24.6 Å². The normalized spacial score (nSPS) is 10.1. The van der Waals surface area contributed by atoms with Crippen molar-refractivity contribution in [1.82, 2.24) is 4.90 Å². The molecule has 0 fully saturated rings. The first-order chi connectivity index (χ1) is 8.53. The van der Waals surface area contributed by atoms with E-state index in [9.17, 15) is 4.79 Å². The predicted molar refractivity (Wildman–Crippen MR) is 67.8 cm³/mol. The van der Waals surface area contributed by atoms with Crippen LogP contribution in [-0.2, 0) is 11.3 Å². The van der Waals surface area contributed by atoms with E-state index in [1.807, 2.05) is 19.1 Å². The molecule has 0 radical (unpaired) electrons. The highest BCUT2D eigenvalue weighted by Gasteiger charge is 2.13. The van der Waals surface area contributed by atoms with Crippen molar-refractivity contribution in [3.8, 4) is 11.5 Å². The van der Waals surface area contributed by atoms with Gasteiger partial charge in [-0.15, -0.1) is 0 Å². The molecule has 0 atom stereocenters. The van der Waals surface area contributed by atoms with Crippen LogP contribution < -0.4 is 9.47 Å². The van der Waals surface area contributed by atoms with E-state index in [4.69, 9.17) is 14.6 Å². The number of rotatable bonds is 5. The largest absolute Gasteiger partial charge is 0.496 e. The number of hydrogen-bond donors (Lipinski definition) is 1. The maximum atomic E-state index is 11.3. The first kappa shape index (κ1) is 14.3. The van der Waals surface area contributed by atoms with E-state index in [0.29, 0.717) is 12.3 Å². The summed E-state index contributed by atoms with van der Waals surface area (Å²) in [4.78, 5) is 12.8. The summed E-state index contributed by atoms with van der Waals surface area (Å²) in [5.74, 6) is 1.11. The molecule has 0 aliphatic heterocycles. The number of aliphatic hydroxyl groups excluding tert-OH is 1. The van der Waals surface area contributed by atoms with Crippen LogP contribution in [-0.4, -0.2) is 43.8 Å². The second-order valence-electron chi connectivity index (χ2n) is 4.04. The minimum absolute atomic E-state index is 0.336. The molecule has 0 saturated carbocycles. The fourth-order valence-corrected chi connectivity index (χ4v) is 1.70. The minimum Gasteiger partial charge on any atom is -0.496 e. The molecule has 1 N–H and O–H groups in total. The summed E-state index contributed by atoms with van der Waals surface area (Å²) in [5, 5.41) is 8.81. The van der Waals surface area contributed by atoms with Gasteiger partial charge in [-0.2, -0.15) is 0 Å². The molecular weight excluding hydrogens is 234 g/mol. The van der Waals surface area contributed by atoms with Crippen LogP contribution >= 0.6 is 0 Å². The smallest absolute Gasteiger partial charge is 0.248 e. The number of nitrogens with zero attached hydrogens (tertiary/aromatic N) is 1. The Hall–Kier alpha value is -1.75. The average Bonchev–Trinajstić information content (AvgIpc) is 2.38. The summed E-state index contributed by atoms with van der Waals surface area (Å²) in [6, 6.07) is 3.71. The number of hydrogen-bond acceptors (Lipinski definition) is 4. The molecule has 0 aromatic heterocycles. The Morgan fingerprint density at radius 2 is 1.89 bits per heavy atom. The van der Waals surface area contributed by atoms with Crippen molar-refractivity contribution in [2.75, 3.05) is 27.9 Å². The van der Waals surface area contributed by atoms with E-state index < -0.39 is 6.61 Å². The Morgan fingerprint density at radius 1 is 1.28 bits per heavy atom. The molecule has 5 heteroatoms. The second-order valence-corrected chi connectivity index (χ2v) is 4.04. The molecule has 1 rings (SSSR count). The van der Waals surface area contributed by atoms with Gasteiger partial charge in [0.2, 0.25) is 5.91 Å². The lowest BCUT2D eigenvalue weighted by molar-refractivity contribution is -0.133. The lowest BCUT2D eigenvalue weighted by atomic mass is 10.1. The summed E-state index contributed by atoms with van der Waals surface area (Å²) < 4.78 is 10.5.